The first kappa shape index (κ1) is 25.6. The maximum absolute atomic E-state index is 2.40. The van der Waals surface area contributed by atoms with Gasteiger partial charge in [-0.15, -0.1) is 0 Å². The summed E-state index contributed by atoms with van der Waals surface area (Å²) in [5, 5.41) is 7.61. The van der Waals surface area contributed by atoms with Crippen LogP contribution in [0, 0.1) is 0 Å². The number of hydrogen-bond acceptors (Lipinski definition) is 0. The number of aromatic nitrogens is 1. The summed E-state index contributed by atoms with van der Waals surface area (Å²) in [5.74, 6) is 0. The van der Waals surface area contributed by atoms with Gasteiger partial charge in [-0.3, -0.25) is 0 Å². The average Bonchev–Trinajstić information content (AvgIpc) is 3.46. The van der Waals surface area contributed by atoms with Crippen molar-refractivity contribution in [2.45, 2.75) is 0 Å². The Kier molecular flexibility index (Phi) is 5.89. The number of fused-ring (bicyclic) bond motifs is 5. The van der Waals surface area contributed by atoms with Crippen LogP contribution in [0.4, 0.5) is 0 Å². The molecule has 0 aliphatic heterocycles. The molecule has 0 fully saturated rings. The fourth-order valence-electron chi connectivity index (χ4n) is 7.27. The van der Waals surface area contributed by atoms with Crippen LogP contribution in [0.1, 0.15) is 0 Å². The Morgan fingerprint density at radius 3 is 1.40 bits per heavy atom. The summed E-state index contributed by atoms with van der Waals surface area (Å²) >= 11 is 0. The lowest BCUT2D eigenvalue weighted by Crippen LogP contribution is -1.93. The van der Waals surface area contributed by atoms with E-state index >= 15 is 0 Å². The molecule has 0 aliphatic carbocycles. The van der Waals surface area contributed by atoms with Crippen LogP contribution in [-0.2, 0) is 0 Å². The summed E-state index contributed by atoms with van der Waals surface area (Å²) in [6.45, 7) is 0. The maximum atomic E-state index is 2.40. The smallest absolute Gasteiger partial charge is 0.0547 e. The standard InChI is InChI=1S/C44H29N/c1-3-14-30(15-4-1)31-26-28-32(29-27-31)42-34-18-7-9-20-36(34)43(37-21-10-8-19-35(37)42)39-23-13-25-41-44(39)38-22-11-12-24-40(38)45(41)33-16-5-2-6-17-33/h1-29H. The normalized spacial score (nSPS) is 11.6. The zero-order valence-corrected chi connectivity index (χ0v) is 24.7. The second-order valence-electron chi connectivity index (χ2n) is 11.7. The molecule has 0 bridgehead atoms. The van der Waals surface area contributed by atoms with E-state index < -0.39 is 0 Å². The molecule has 0 atom stereocenters. The van der Waals surface area contributed by atoms with Gasteiger partial charge in [0, 0.05) is 16.5 Å². The van der Waals surface area contributed by atoms with Gasteiger partial charge >= 0.3 is 0 Å². The molecule has 45 heavy (non-hydrogen) atoms. The Morgan fingerprint density at radius 2 is 0.756 bits per heavy atom. The van der Waals surface area contributed by atoms with E-state index in [1.165, 1.54) is 82.4 Å². The third kappa shape index (κ3) is 4.02. The molecule has 0 N–H and O–H groups in total. The lowest BCUT2D eigenvalue weighted by molar-refractivity contribution is 1.18. The van der Waals surface area contributed by atoms with Crippen LogP contribution in [0.25, 0.3) is 82.4 Å². The van der Waals surface area contributed by atoms with Gasteiger partial charge in [-0.2, -0.15) is 0 Å². The van der Waals surface area contributed by atoms with E-state index in [-0.39, 0.29) is 0 Å². The molecule has 210 valence electrons. The minimum Gasteiger partial charge on any atom is -0.309 e. The van der Waals surface area contributed by atoms with Crippen molar-refractivity contribution in [3.63, 3.8) is 0 Å². The molecular weight excluding hydrogens is 542 g/mol. The molecule has 0 saturated heterocycles. The van der Waals surface area contributed by atoms with Gasteiger partial charge in [0.2, 0.25) is 0 Å². The zero-order chi connectivity index (χ0) is 29.7. The summed E-state index contributed by atoms with van der Waals surface area (Å²) in [6, 6.07) is 63.9. The van der Waals surface area contributed by atoms with Gasteiger partial charge in [0.05, 0.1) is 11.0 Å². The van der Waals surface area contributed by atoms with Gasteiger partial charge in [-0.25, -0.2) is 0 Å². The Balaban J connectivity index is 1.36. The number of para-hydroxylation sites is 2. The second-order valence-corrected chi connectivity index (χ2v) is 11.7. The quantitative estimate of drug-likeness (QED) is 0.185. The van der Waals surface area contributed by atoms with E-state index in [2.05, 4.69) is 180 Å². The maximum Gasteiger partial charge on any atom is 0.0547 e. The highest BCUT2D eigenvalue weighted by atomic mass is 15.0. The van der Waals surface area contributed by atoms with Crippen molar-refractivity contribution in [3.05, 3.63) is 176 Å². The average molecular weight is 572 g/mol. The van der Waals surface area contributed by atoms with E-state index in [1.807, 2.05) is 0 Å². The van der Waals surface area contributed by atoms with Crippen molar-refractivity contribution in [3.8, 4) is 39.1 Å². The van der Waals surface area contributed by atoms with Crippen molar-refractivity contribution < 1.29 is 0 Å². The van der Waals surface area contributed by atoms with Gasteiger partial charge in [0.15, 0.2) is 0 Å². The molecule has 0 radical (unpaired) electrons. The second kappa shape index (κ2) is 10.4. The van der Waals surface area contributed by atoms with Crippen LogP contribution < -0.4 is 0 Å². The first-order chi connectivity index (χ1) is 22.4. The van der Waals surface area contributed by atoms with Gasteiger partial charge in [0.25, 0.3) is 0 Å². The Bertz CT molecular complexity index is 2450. The minimum atomic E-state index is 1.17. The summed E-state index contributed by atoms with van der Waals surface area (Å²) in [5.41, 5.74) is 11.1. The van der Waals surface area contributed by atoms with Gasteiger partial charge in [-0.05, 0) is 79.2 Å². The molecule has 0 saturated carbocycles. The molecule has 0 unspecified atom stereocenters. The minimum absolute atomic E-state index is 1.17. The van der Waals surface area contributed by atoms with Crippen LogP contribution >= 0.6 is 0 Å². The van der Waals surface area contributed by atoms with E-state index in [0.717, 1.165) is 0 Å². The molecule has 1 heterocycles. The molecule has 0 amide bonds. The molecular formula is C44H29N. The van der Waals surface area contributed by atoms with Gasteiger partial charge < -0.3 is 4.57 Å². The van der Waals surface area contributed by atoms with E-state index in [9.17, 15) is 0 Å². The van der Waals surface area contributed by atoms with Crippen LogP contribution in [0.15, 0.2) is 176 Å². The number of benzene rings is 8. The molecule has 9 rings (SSSR count). The monoisotopic (exact) mass is 571 g/mol. The highest BCUT2D eigenvalue weighted by Crippen LogP contribution is 2.47. The van der Waals surface area contributed by atoms with Crippen LogP contribution in [0.2, 0.25) is 0 Å². The number of nitrogens with zero attached hydrogens (tertiary/aromatic N) is 1. The van der Waals surface area contributed by atoms with E-state index in [1.54, 1.807) is 0 Å². The summed E-state index contributed by atoms with van der Waals surface area (Å²) in [6.07, 6.45) is 0. The van der Waals surface area contributed by atoms with E-state index in [0.29, 0.717) is 0 Å². The first-order valence-corrected chi connectivity index (χ1v) is 15.5. The highest BCUT2D eigenvalue weighted by molar-refractivity contribution is 6.26. The van der Waals surface area contributed by atoms with E-state index in [4.69, 9.17) is 0 Å². The molecule has 1 aromatic heterocycles. The Labute approximate surface area is 262 Å². The van der Waals surface area contributed by atoms with Crippen LogP contribution in [0.5, 0.6) is 0 Å². The fraction of sp³-hybridized carbons (Fsp3) is 0. The van der Waals surface area contributed by atoms with Crippen molar-refractivity contribution in [2.24, 2.45) is 0 Å². The molecule has 9 aromatic rings. The third-order valence-corrected chi connectivity index (χ3v) is 9.19. The predicted octanol–water partition coefficient (Wildman–Crippen LogP) is 12.1. The Morgan fingerprint density at radius 1 is 0.289 bits per heavy atom. The lowest BCUT2D eigenvalue weighted by Gasteiger charge is -2.18. The highest BCUT2D eigenvalue weighted by Gasteiger charge is 2.21. The first-order valence-electron chi connectivity index (χ1n) is 15.5. The summed E-state index contributed by atoms with van der Waals surface area (Å²) in [4.78, 5) is 0. The predicted molar refractivity (Wildman–Crippen MR) is 192 cm³/mol. The molecule has 1 nitrogen and oxygen atoms in total. The lowest BCUT2D eigenvalue weighted by atomic mass is 9.84. The largest absolute Gasteiger partial charge is 0.309 e. The summed E-state index contributed by atoms with van der Waals surface area (Å²) < 4.78 is 2.40. The zero-order valence-electron chi connectivity index (χ0n) is 24.7. The molecule has 0 spiro atoms. The fourth-order valence-corrected chi connectivity index (χ4v) is 7.27. The van der Waals surface area contributed by atoms with Crippen molar-refractivity contribution in [1.29, 1.82) is 0 Å². The number of rotatable bonds is 4. The van der Waals surface area contributed by atoms with Gasteiger partial charge in [-0.1, -0.05) is 152 Å². The molecule has 8 aromatic carbocycles. The third-order valence-electron chi connectivity index (χ3n) is 9.19. The van der Waals surface area contributed by atoms with Crippen LogP contribution in [0.3, 0.4) is 0 Å². The van der Waals surface area contributed by atoms with Crippen LogP contribution in [-0.4, -0.2) is 4.57 Å². The Hall–Kier alpha value is -5.92. The van der Waals surface area contributed by atoms with Crippen molar-refractivity contribution in [2.75, 3.05) is 0 Å². The van der Waals surface area contributed by atoms with Gasteiger partial charge in [0.1, 0.15) is 0 Å². The summed E-state index contributed by atoms with van der Waals surface area (Å²) in [7, 11) is 0. The SMILES string of the molecule is c1ccc(-c2ccc(-c3c4ccccc4c(-c4cccc5c4c4ccccc4n5-c4ccccc4)c4ccccc34)cc2)cc1. The topological polar surface area (TPSA) is 4.93 Å². The molecule has 0 aliphatic rings. The number of hydrogen-bond donors (Lipinski definition) is 0. The molecule has 1 heteroatoms. The van der Waals surface area contributed by atoms with Crippen molar-refractivity contribution >= 4 is 43.4 Å². The van der Waals surface area contributed by atoms with Crippen molar-refractivity contribution in [1.82, 2.24) is 4.57 Å².